The number of nitrogens with one attached hydrogen (secondary N) is 1. The normalized spacial score (nSPS) is 17.2. The quantitative estimate of drug-likeness (QED) is 0.777. The summed E-state index contributed by atoms with van der Waals surface area (Å²) < 4.78 is 32.2. The van der Waals surface area contributed by atoms with Crippen LogP contribution in [0.1, 0.15) is 19.8 Å². The largest absolute Gasteiger partial charge is 0.495 e. The van der Waals surface area contributed by atoms with E-state index in [0.29, 0.717) is 29.8 Å². The standard InChI is InChI=1S/C13H20N2O3S/c1-9(10-3-4-10)8-15-19(16,17)13-7-11(14)5-6-12(13)18-2/h5-7,9-10,15H,3-4,8,14H2,1-2H3. The van der Waals surface area contributed by atoms with Gasteiger partial charge in [0.2, 0.25) is 10.0 Å². The van der Waals surface area contributed by atoms with Gasteiger partial charge in [0.15, 0.2) is 0 Å². The van der Waals surface area contributed by atoms with Crippen LogP contribution in [0.25, 0.3) is 0 Å². The number of ether oxygens (including phenoxy) is 1. The fraction of sp³-hybridized carbons (Fsp3) is 0.538. The van der Waals surface area contributed by atoms with Crippen molar-refractivity contribution < 1.29 is 13.2 Å². The van der Waals surface area contributed by atoms with E-state index in [1.807, 2.05) is 0 Å². The molecule has 1 unspecified atom stereocenters. The van der Waals surface area contributed by atoms with E-state index in [1.54, 1.807) is 12.1 Å². The van der Waals surface area contributed by atoms with Crippen molar-refractivity contribution in [1.29, 1.82) is 0 Å². The maximum atomic E-state index is 12.3. The van der Waals surface area contributed by atoms with Crippen LogP contribution >= 0.6 is 0 Å². The SMILES string of the molecule is COc1ccc(N)cc1S(=O)(=O)NCC(C)C1CC1. The van der Waals surface area contributed by atoms with Gasteiger partial charge in [-0.1, -0.05) is 6.92 Å². The highest BCUT2D eigenvalue weighted by Gasteiger charge is 2.29. The molecule has 1 atom stereocenters. The predicted octanol–water partition coefficient (Wildman–Crippen LogP) is 1.60. The molecule has 6 heteroatoms. The molecule has 1 aliphatic rings. The molecule has 19 heavy (non-hydrogen) atoms. The minimum absolute atomic E-state index is 0.0954. The Morgan fingerprint density at radius 2 is 2.16 bits per heavy atom. The van der Waals surface area contributed by atoms with Gasteiger partial charge in [-0.3, -0.25) is 0 Å². The van der Waals surface area contributed by atoms with E-state index in [-0.39, 0.29) is 4.90 Å². The monoisotopic (exact) mass is 284 g/mol. The molecule has 106 valence electrons. The Hall–Kier alpha value is -1.27. The number of anilines is 1. The van der Waals surface area contributed by atoms with E-state index >= 15 is 0 Å². The van der Waals surface area contributed by atoms with Crippen LogP contribution in [0.15, 0.2) is 23.1 Å². The van der Waals surface area contributed by atoms with Gasteiger partial charge in [0, 0.05) is 12.2 Å². The highest BCUT2D eigenvalue weighted by molar-refractivity contribution is 7.89. The van der Waals surface area contributed by atoms with Crippen molar-refractivity contribution in [3.05, 3.63) is 18.2 Å². The van der Waals surface area contributed by atoms with Gasteiger partial charge in [-0.05, 0) is 42.9 Å². The molecular formula is C13H20N2O3S. The number of methoxy groups -OCH3 is 1. The van der Waals surface area contributed by atoms with Crippen molar-refractivity contribution in [1.82, 2.24) is 4.72 Å². The summed E-state index contributed by atoms with van der Waals surface area (Å²) in [6, 6.07) is 4.60. The number of hydrogen-bond acceptors (Lipinski definition) is 4. The van der Waals surface area contributed by atoms with Crippen LogP contribution in [-0.2, 0) is 10.0 Å². The van der Waals surface area contributed by atoms with Gasteiger partial charge in [-0.2, -0.15) is 0 Å². The molecule has 0 heterocycles. The number of rotatable bonds is 6. The van der Waals surface area contributed by atoms with Crippen LogP contribution < -0.4 is 15.2 Å². The summed E-state index contributed by atoms with van der Waals surface area (Å²) >= 11 is 0. The molecule has 0 aromatic heterocycles. The Morgan fingerprint density at radius 1 is 1.47 bits per heavy atom. The molecule has 0 spiro atoms. The molecule has 1 fully saturated rings. The van der Waals surface area contributed by atoms with Crippen LogP contribution in [0.3, 0.4) is 0 Å². The molecule has 0 aliphatic heterocycles. The Kier molecular flexibility index (Phi) is 4.01. The van der Waals surface area contributed by atoms with E-state index in [2.05, 4.69) is 11.6 Å². The van der Waals surface area contributed by atoms with Crippen molar-refractivity contribution in [3.63, 3.8) is 0 Å². The van der Waals surface area contributed by atoms with Crippen LogP contribution in [0.5, 0.6) is 5.75 Å². The number of hydrogen-bond donors (Lipinski definition) is 2. The van der Waals surface area contributed by atoms with Crippen molar-refractivity contribution in [2.24, 2.45) is 11.8 Å². The van der Waals surface area contributed by atoms with E-state index in [9.17, 15) is 8.42 Å². The van der Waals surface area contributed by atoms with E-state index in [0.717, 1.165) is 0 Å². The van der Waals surface area contributed by atoms with Gasteiger partial charge in [0.05, 0.1) is 7.11 Å². The molecule has 1 aliphatic carbocycles. The topological polar surface area (TPSA) is 81.4 Å². The minimum atomic E-state index is -3.58. The third-order valence-corrected chi connectivity index (χ3v) is 4.94. The number of nitrogens with two attached hydrogens (primary N) is 1. The molecule has 0 bridgehead atoms. The lowest BCUT2D eigenvalue weighted by Gasteiger charge is -2.14. The number of benzene rings is 1. The summed E-state index contributed by atoms with van der Waals surface area (Å²) in [5.74, 6) is 1.33. The van der Waals surface area contributed by atoms with Crippen molar-refractivity contribution in [3.8, 4) is 5.75 Å². The first-order chi connectivity index (χ1) is 8.94. The molecule has 0 saturated heterocycles. The molecule has 0 amide bonds. The Balaban J connectivity index is 2.15. The average Bonchev–Trinajstić information content (AvgIpc) is 3.20. The summed E-state index contributed by atoms with van der Waals surface area (Å²) in [5, 5.41) is 0. The first-order valence-corrected chi connectivity index (χ1v) is 7.85. The first kappa shape index (κ1) is 14.1. The molecule has 1 saturated carbocycles. The molecular weight excluding hydrogens is 264 g/mol. The van der Waals surface area contributed by atoms with Crippen molar-refractivity contribution in [2.45, 2.75) is 24.7 Å². The first-order valence-electron chi connectivity index (χ1n) is 6.37. The summed E-state index contributed by atoms with van der Waals surface area (Å²) in [4.78, 5) is 0.0954. The molecule has 3 N–H and O–H groups in total. The summed E-state index contributed by atoms with van der Waals surface area (Å²) in [6.07, 6.45) is 2.40. The van der Waals surface area contributed by atoms with Gasteiger partial charge in [0.1, 0.15) is 10.6 Å². The van der Waals surface area contributed by atoms with E-state index < -0.39 is 10.0 Å². The summed E-state index contributed by atoms with van der Waals surface area (Å²) in [5.41, 5.74) is 6.04. The average molecular weight is 284 g/mol. The fourth-order valence-electron chi connectivity index (χ4n) is 2.05. The third kappa shape index (κ3) is 3.39. The van der Waals surface area contributed by atoms with Gasteiger partial charge >= 0.3 is 0 Å². The predicted molar refractivity (Wildman–Crippen MR) is 74.5 cm³/mol. The Labute approximate surface area is 114 Å². The second kappa shape index (κ2) is 5.38. The second-order valence-electron chi connectivity index (χ2n) is 5.08. The molecule has 1 aromatic rings. The minimum Gasteiger partial charge on any atom is -0.495 e. The zero-order valence-corrected chi connectivity index (χ0v) is 12.0. The lowest BCUT2D eigenvalue weighted by molar-refractivity contribution is 0.402. The molecule has 5 nitrogen and oxygen atoms in total. The highest BCUT2D eigenvalue weighted by atomic mass is 32.2. The van der Waals surface area contributed by atoms with Crippen LogP contribution in [0.4, 0.5) is 5.69 Å². The summed E-state index contributed by atoms with van der Waals surface area (Å²) in [6.45, 7) is 2.52. The summed E-state index contributed by atoms with van der Waals surface area (Å²) in [7, 11) is -2.14. The lowest BCUT2D eigenvalue weighted by Crippen LogP contribution is -2.29. The molecule has 2 rings (SSSR count). The van der Waals surface area contributed by atoms with Crippen molar-refractivity contribution in [2.75, 3.05) is 19.4 Å². The molecule has 1 aromatic carbocycles. The smallest absolute Gasteiger partial charge is 0.244 e. The zero-order valence-electron chi connectivity index (χ0n) is 11.2. The van der Waals surface area contributed by atoms with Crippen LogP contribution in [0.2, 0.25) is 0 Å². The Morgan fingerprint density at radius 3 is 2.74 bits per heavy atom. The molecule has 0 radical (unpaired) electrons. The maximum absolute atomic E-state index is 12.3. The van der Waals surface area contributed by atoms with Crippen LogP contribution in [-0.4, -0.2) is 22.1 Å². The van der Waals surface area contributed by atoms with Gasteiger partial charge in [-0.15, -0.1) is 0 Å². The zero-order chi connectivity index (χ0) is 14.0. The number of sulfonamides is 1. The fourth-order valence-corrected chi connectivity index (χ4v) is 3.40. The second-order valence-corrected chi connectivity index (χ2v) is 6.81. The van der Waals surface area contributed by atoms with Gasteiger partial charge in [0.25, 0.3) is 0 Å². The maximum Gasteiger partial charge on any atom is 0.244 e. The van der Waals surface area contributed by atoms with E-state index in [1.165, 1.54) is 26.0 Å². The highest BCUT2D eigenvalue weighted by Crippen LogP contribution is 2.36. The third-order valence-electron chi connectivity index (χ3n) is 3.50. The van der Waals surface area contributed by atoms with Gasteiger partial charge < -0.3 is 10.5 Å². The Bertz CT molecular complexity index is 553. The lowest BCUT2D eigenvalue weighted by atomic mass is 10.1. The van der Waals surface area contributed by atoms with Gasteiger partial charge in [-0.25, -0.2) is 13.1 Å². The van der Waals surface area contributed by atoms with Crippen LogP contribution in [0, 0.1) is 11.8 Å². The van der Waals surface area contributed by atoms with Crippen molar-refractivity contribution >= 4 is 15.7 Å². The van der Waals surface area contributed by atoms with E-state index in [4.69, 9.17) is 10.5 Å². The number of nitrogen functional groups attached to an aromatic ring is 1.